The van der Waals surface area contributed by atoms with Crippen molar-refractivity contribution in [3.05, 3.63) is 58.1 Å². The average molecular weight is 503 g/mol. The van der Waals surface area contributed by atoms with E-state index in [1.165, 1.54) is 13.2 Å². The minimum atomic E-state index is -0.281. The normalized spacial score (nSPS) is 21.5. The van der Waals surface area contributed by atoms with Crippen molar-refractivity contribution in [1.29, 1.82) is 0 Å². The van der Waals surface area contributed by atoms with Crippen LogP contribution in [0.25, 0.3) is 0 Å². The molecule has 0 radical (unpaired) electrons. The Hall–Kier alpha value is -2.74. The predicted molar refractivity (Wildman–Crippen MR) is 123 cm³/mol. The fraction of sp³-hybridized carbons (Fsp3) is 0.417. The summed E-state index contributed by atoms with van der Waals surface area (Å²) in [7, 11) is 1.48. The highest BCUT2D eigenvalue weighted by Crippen LogP contribution is 2.36. The van der Waals surface area contributed by atoms with Gasteiger partial charge in [-0.2, -0.15) is 0 Å². The second-order valence-electron chi connectivity index (χ2n) is 8.27. The zero-order valence-electron chi connectivity index (χ0n) is 18.2. The van der Waals surface area contributed by atoms with Crippen molar-refractivity contribution in [2.24, 2.45) is 0 Å². The molecular weight excluding hydrogens is 476 g/mol. The van der Waals surface area contributed by atoms with E-state index in [1.54, 1.807) is 6.07 Å². The van der Waals surface area contributed by atoms with Crippen LogP contribution >= 0.6 is 15.9 Å². The number of carbonyl (C=O) groups is 2. The number of halogens is 1. The van der Waals surface area contributed by atoms with Gasteiger partial charge in [0.25, 0.3) is 0 Å². The highest BCUT2D eigenvalue weighted by Gasteiger charge is 2.44. The zero-order valence-corrected chi connectivity index (χ0v) is 19.7. The van der Waals surface area contributed by atoms with E-state index in [0.29, 0.717) is 36.2 Å². The summed E-state index contributed by atoms with van der Waals surface area (Å²) < 4.78 is 11.5. The molecule has 1 N–H and O–H groups in total. The zero-order chi connectivity index (χ0) is 22.8. The molecule has 7 nitrogen and oxygen atoms in total. The summed E-state index contributed by atoms with van der Waals surface area (Å²) in [6, 6.07) is 13.0. The highest BCUT2D eigenvalue weighted by atomic mass is 79.9. The topological polar surface area (TPSA) is 79.3 Å². The van der Waals surface area contributed by atoms with Crippen LogP contribution in [0.1, 0.15) is 37.0 Å². The number of benzene rings is 2. The quantitative estimate of drug-likeness (QED) is 0.659. The molecule has 4 rings (SSSR count). The van der Waals surface area contributed by atoms with Crippen molar-refractivity contribution in [1.82, 2.24) is 9.80 Å². The summed E-state index contributed by atoms with van der Waals surface area (Å²) in [5.41, 5.74) is 1.76. The van der Waals surface area contributed by atoms with Crippen LogP contribution in [0.4, 0.5) is 4.79 Å². The second-order valence-corrected chi connectivity index (χ2v) is 9.12. The first-order valence-corrected chi connectivity index (χ1v) is 11.6. The van der Waals surface area contributed by atoms with Crippen molar-refractivity contribution in [3.8, 4) is 11.5 Å². The van der Waals surface area contributed by atoms with Crippen molar-refractivity contribution in [3.63, 3.8) is 0 Å². The van der Waals surface area contributed by atoms with Gasteiger partial charge in [-0.1, -0.05) is 46.3 Å². The molecule has 2 fully saturated rings. The lowest BCUT2D eigenvalue weighted by Crippen LogP contribution is -2.49. The molecule has 32 heavy (non-hydrogen) atoms. The van der Waals surface area contributed by atoms with E-state index in [4.69, 9.17) is 9.47 Å². The molecule has 2 aliphatic rings. The smallest absolute Gasteiger partial charge is 0.411 e. The van der Waals surface area contributed by atoms with Crippen molar-refractivity contribution < 1.29 is 24.2 Å². The molecule has 2 heterocycles. The van der Waals surface area contributed by atoms with Gasteiger partial charge >= 0.3 is 6.09 Å². The van der Waals surface area contributed by atoms with Gasteiger partial charge in [0.2, 0.25) is 5.91 Å². The number of hydrogen-bond donors (Lipinski definition) is 1. The molecule has 8 heteroatoms. The number of rotatable bonds is 5. The predicted octanol–water partition coefficient (Wildman–Crippen LogP) is 4.28. The number of phenolic OH excluding ortho intramolecular Hbond substituents is 1. The Morgan fingerprint density at radius 3 is 2.56 bits per heavy atom. The van der Waals surface area contributed by atoms with E-state index < -0.39 is 0 Å². The molecule has 0 aromatic heterocycles. The van der Waals surface area contributed by atoms with Crippen molar-refractivity contribution in [2.45, 2.75) is 44.4 Å². The van der Waals surface area contributed by atoms with Gasteiger partial charge in [0.1, 0.15) is 6.10 Å². The fourth-order valence-corrected chi connectivity index (χ4v) is 5.07. The number of hydrogen-bond acceptors (Lipinski definition) is 5. The molecule has 2 aromatic carbocycles. The maximum Gasteiger partial charge on any atom is 0.411 e. The lowest BCUT2D eigenvalue weighted by atomic mass is 9.98. The average Bonchev–Trinajstić information content (AvgIpc) is 3.10. The van der Waals surface area contributed by atoms with Gasteiger partial charge in [0, 0.05) is 23.6 Å². The summed E-state index contributed by atoms with van der Waals surface area (Å²) >= 11 is 3.41. The number of cyclic esters (lactones) is 1. The van der Waals surface area contributed by atoms with Gasteiger partial charge < -0.3 is 19.5 Å². The van der Waals surface area contributed by atoms with Crippen molar-refractivity contribution in [2.75, 3.05) is 20.2 Å². The maximum absolute atomic E-state index is 12.9. The fourth-order valence-electron chi connectivity index (χ4n) is 4.60. The first kappa shape index (κ1) is 22.5. The Balaban J connectivity index is 1.37. The van der Waals surface area contributed by atoms with Gasteiger partial charge in [0.15, 0.2) is 11.5 Å². The summed E-state index contributed by atoms with van der Waals surface area (Å²) in [6.45, 7) is 3.20. The SMILES string of the molecule is COc1cc(CC(=O)N2CCC(N3C(=O)OC(c4ccccc4)C3C)CC2)c(Br)cc1O. The van der Waals surface area contributed by atoms with E-state index in [-0.39, 0.29) is 42.4 Å². The second kappa shape index (κ2) is 9.40. The third kappa shape index (κ3) is 4.41. The summed E-state index contributed by atoms with van der Waals surface area (Å²) in [5.74, 6) is 0.372. The third-order valence-corrected chi connectivity index (χ3v) is 7.08. The number of ether oxygens (including phenoxy) is 2. The summed E-state index contributed by atoms with van der Waals surface area (Å²) in [5, 5.41) is 9.87. The molecule has 0 aliphatic carbocycles. The van der Waals surface area contributed by atoms with Crippen LogP contribution in [-0.2, 0) is 16.0 Å². The number of aromatic hydroxyl groups is 1. The summed E-state index contributed by atoms with van der Waals surface area (Å²) in [6.07, 6.45) is 1.08. The molecular formula is C24H27BrN2O5. The van der Waals surface area contributed by atoms with Crippen LogP contribution in [0.5, 0.6) is 11.5 Å². The molecule has 2 unspecified atom stereocenters. The molecule has 0 saturated carbocycles. The Morgan fingerprint density at radius 2 is 1.91 bits per heavy atom. The highest BCUT2D eigenvalue weighted by molar-refractivity contribution is 9.10. The molecule has 2 aromatic rings. The Bertz CT molecular complexity index is 991. The van der Waals surface area contributed by atoms with Gasteiger partial charge in [-0.3, -0.25) is 9.69 Å². The van der Waals surface area contributed by atoms with E-state index in [9.17, 15) is 14.7 Å². The maximum atomic E-state index is 12.9. The standard InChI is InChI=1S/C24H27BrN2O5/c1-15-23(16-6-4-3-5-7-16)32-24(30)27(15)18-8-10-26(11-9-18)22(29)13-17-12-21(31-2)20(28)14-19(17)25/h3-7,12,14-15,18,23,28H,8-11,13H2,1-2H3. The first-order chi connectivity index (χ1) is 15.4. The number of amides is 2. The van der Waals surface area contributed by atoms with Crippen molar-refractivity contribution >= 4 is 27.9 Å². The number of nitrogens with zero attached hydrogens (tertiary/aromatic N) is 2. The Kier molecular flexibility index (Phi) is 6.60. The third-order valence-electron chi connectivity index (χ3n) is 6.34. The van der Waals surface area contributed by atoms with E-state index >= 15 is 0 Å². The molecule has 2 saturated heterocycles. The number of piperidine rings is 1. The van der Waals surface area contributed by atoms with Crippen LogP contribution in [0.3, 0.4) is 0 Å². The molecule has 170 valence electrons. The lowest BCUT2D eigenvalue weighted by Gasteiger charge is -2.37. The van der Waals surface area contributed by atoms with Crippen LogP contribution in [0.15, 0.2) is 46.9 Å². The Morgan fingerprint density at radius 1 is 1.22 bits per heavy atom. The van der Waals surface area contributed by atoms with Crippen LogP contribution < -0.4 is 4.74 Å². The molecule has 0 spiro atoms. The van der Waals surface area contributed by atoms with E-state index in [1.807, 2.05) is 47.1 Å². The van der Waals surface area contributed by atoms with E-state index in [2.05, 4.69) is 15.9 Å². The summed E-state index contributed by atoms with van der Waals surface area (Å²) in [4.78, 5) is 29.2. The molecule has 0 bridgehead atoms. The van der Waals surface area contributed by atoms with Crippen LogP contribution in [0.2, 0.25) is 0 Å². The van der Waals surface area contributed by atoms with Gasteiger partial charge in [-0.25, -0.2) is 4.79 Å². The van der Waals surface area contributed by atoms with Gasteiger partial charge in [-0.05, 0) is 43.0 Å². The molecule has 2 amide bonds. The molecule has 2 atom stereocenters. The minimum Gasteiger partial charge on any atom is -0.504 e. The number of likely N-dealkylation sites (tertiary alicyclic amines) is 1. The van der Waals surface area contributed by atoms with Crippen LogP contribution in [-0.4, -0.2) is 59.2 Å². The first-order valence-electron chi connectivity index (χ1n) is 10.8. The van der Waals surface area contributed by atoms with Gasteiger partial charge in [-0.15, -0.1) is 0 Å². The number of phenols is 1. The monoisotopic (exact) mass is 502 g/mol. The minimum absolute atomic E-state index is 0.0103. The largest absolute Gasteiger partial charge is 0.504 e. The van der Waals surface area contributed by atoms with E-state index in [0.717, 1.165) is 11.1 Å². The number of methoxy groups -OCH3 is 1. The lowest BCUT2D eigenvalue weighted by molar-refractivity contribution is -0.131. The van der Waals surface area contributed by atoms with Crippen LogP contribution in [0, 0.1) is 0 Å². The van der Waals surface area contributed by atoms with Gasteiger partial charge in [0.05, 0.1) is 19.6 Å². The number of carbonyl (C=O) groups excluding carboxylic acids is 2. The molecule has 2 aliphatic heterocycles. The Labute approximate surface area is 196 Å².